The summed E-state index contributed by atoms with van der Waals surface area (Å²) >= 11 is 0. The first-order valence-corrected chi connectivity index (χ1v) is 7.38. The molecule has 6 heteroatoms. The predicted molar refractivity (Wildman–Crippen MR) is 92.8 cm³/mol. The van der Waals surface area contributed by atoms with Crippen molar-refractivity contribution in [2.45, 2.75) is 0 Å². The normalized spacial score (nSPS) is 11.5. The number of nitrogens with zero attached hydrogens (tertiary/aromatic N) is 4. The molecule has 2 N–H and O–H groups in total. The second-order valence-corrected chi connectivity index (χ2v) is 5.24. The number of allylic oxidation sites excluding steroid dienone is 1. The van der Waals surface area contributed by atoms with Crippen molar-refractivity contribution in [3.63, 3.8) is 0 Å². The maximum absolute atomic E-state index is 9.32. The van der Waals surface area contributed by atoms with E-state index in [0.717, 1.165) is 27.2 Å². The van der Waals surface area contributed by atoms with Crippen LogP contribution >= 0.6 is 0 Å². The summed E-state index contributed by atoms with van der Waals surface area (Å²) in [4.78, 5) is 0. The summed E-state index contributed by atoms with van der Waals surface area (Å²) in [5.41, 5.74) is 1.25. The van der Waals surface area contributed by atoms with Crippen LogP contribution in [0.3, 0.4) is 0 Å². The number of aromatic amines is 1. The molecule has 0 amide bonds. The number of benzene rings is 3. The Balaban J connectivity index is 1.90. The Kier molecular flexibility index (Phi) is 3.37. The molecule has 0 bridgehead atoms. The Morgan fingerprint density at radius 2 is 1.71 bits per heavy atom. The summed E-state index contributed by atoms with van der Waals surface area (Å²) < 4.78 is 0. The Labute approximate surface area is 137 Å². The van der Waals surface area contributed by atoms with Gasteiger partial charge in [0.2, 0.25) is 5.82 Å². The molecule has 0 spiro atoms. The lowest BCUT2D eigenvalue weighted by Gasteiger charge is -2.11. The number of fused-ring (bicyclic) bond motifs is 2. The van der Waals surface area contributed by atoms with Crippen LogP contribution in [0.15, 0.2) is 60.8 Å². The van der Waals surface area contributed by atoms with Gasteiger partial charge in [-0.05, 0) is 22.1 Å². The van der Waals surface area contributed by atoms with E-state index >= 15 is 0 Å². The van der Waals surface area contributed by atoms with Gasteiger partial charge in [-0.3, -0.25) is 0 Å². The largest absolute Gasteiger partial charge is 0.359 e. The Bertz CT molecular complexity index is 1040. The Hall–Kier alpha value is -3.72. The second-order valence-electron chi connectivity index (χ2n) is 5.24. The van der Waals surface area contributed by atoms with Crippen molar-refractivity contribution in [1.82, 2.24) is 20.6 Å². The second kappa shape index (κ2) is 5.82. The summed E-state index contributed by atoms with van der Waals surface area (Å²) in [6.45, 7) is 0. The zero-order chi connectivity index (χ0) is 16.4. The average molecular weight is 312 g/mol. The molecule has 0 unspecified atom stereocenters. The van der Waals surface area contributed by atoms with Gasteiger partial charge in [0.05, 0.1) is 5.69 Å². The fourth-order valence-corrected chi connectivity index (χ4v) is 2.74. The Morgan fingerprint density at radius 1 is 1.04 bits per heavy atom. The molecular formula is C18H12N6. The van der Waals surface area contributed by atoms with Crippen LogP contribution in [0, 0.1) is 11.3 Å². The number of H-pyrrole nitrogens is 1. The number of hydrogen-bond acceptors (Lipinski definition) is 5. The lowest BCUT2D eigenvalue weighted by molar-refractivity contribution is 0.881. The Morgan fingerprint density at radius 3 is 2.29 bits per heavy atom. The number of tetrazole rings is 1. The highest BCUT2D eigenvalue weighted by atomic mass is 15.5. The van der Waals surface area contributed by atoms with Crippen molar-refractivity contribution in [1.29, 1.82) is 5.26 Å². The zero-order valence-corrected chi connectivity index (χ0v) is 12.6. The van der Waals surface area contributed by atoms with Gasteiger partial charge in [0.1, 0.15) is 11.6 Å². The molecule has 0 fully saturated rings. The van der Waals surface area contributed by atoms with Crippen molar-refractivity contribution in [2.75, 3.05) is 5.32 Å². The molecule has 1 aromatic heterocycles. The molecule has 4 aromatic rings. The highest BCUT2D eigenvalue weighted by Crippen LogP contribution is 2.33. The van der Waals surface area contributed by atoms with Crippen LogP contribution in [-0.4, -0.2) is 20.6 Å². The van der Waals surface area contributed by atoms with E-state index in [1.807, 2.05) is 24.3 Å². The van der Waals surface area contributed by atoms with Crippen LogP contribution < -0.4 is 5.32 Å². The van der Waals surface area contributed by atoms with Gasteiger partial charge in [0, 0.05) is 17.0 Å². The monoisotopic (exact) mass is 312 g/mol. The van der Waals surface area contributed by atoms with Crippen LogP contribution in [0.1, 0.15) is 5.82 Å². The van der Waals surface area contributed by atoms with Crippen molar-refractivity contribution >= 4 is 32.8 Å². The van der Waals surface area contributed by atoms with Gasteiger partial charge in [-0.15, -0.1) is 10.2 Å². The molecule has 0 aliphatic rings. The van der Waals surface area contributed by atoms with Gasteiger partial charge in [-0.2, -0.15) is 10.5 Å². The molecule has 0 saturated heterocycles. The average Bonchev–Trinajstić information content (AvgIpc) is 3.16. The van der Waals surface area contributed by atoms with E-state index in [1.165, 1.54) is 0 Å². The maximum atomic E-state index is 9.32. The van der Waals surface area contributed by atoms with Crippen LogP contribution in [0.2, 0.25) is 0 Å². The van der Waals surface area contributed by atoms with Crippen molar-refractivity contribution in [3.05, 3.63) is 66.6 Å². The van der Waals surface area contributed by atoms with Crippen LogP contribution in [0.25, 0.3) is 27.1 Å². The van der Waals surface area contributed by atoms with Gasteiger partial charge >= 0.3 is 0 Å². The molecule has 0 aliphatic carbocycles. The molecule has 1 heterocycles. The molecule has 3 aromatic carbocycles. The van der Waals surface area contributed by atoms with E-state index < -0.39 is 0 Å². The van der Waals surface area contributed by atoms with E-state index in [0.29, 0.717) is 5.57 Å². The fourth-order valence-electron chi connectivity index (χ4n) is 2.74. The first kappa shape index (κ1) is 13.9. The number of rotatable bonds is 3. The molecule has 0 atom stereocenters. The minimum atomic E-state index is 0.259. The first-order valence-electron chi connectivity index (χ1n) is 7.38. The highest BCUT2D eigenvalue weighted by molar-refractivity contribution is 6.11. The standard InChI is InChI=1S/C18H12N6/c19-10-14(18-21-23-24-22-18)11-20-17-15-7-3-1-5-12(15)9-13-6-2-4-8-16(13)17/h1-9,11,20H,(H,21,22,23,24). The first-order chi connectivity index (χ1) is 11.9. The number of aromatic nitrogens is 4. The van der Waals surface area contributed by atoms with E-state index in [1.54, 1.807) is 6.20 Å². The molecule has 0 radical (unpaired) electrons. The van der Waals surface area contributed by atoms with E-state index in [4.69, 9.17) is 0 Å². The quantitative estimate of drug-likeness (QED) is 0.446. The number of nitriles is 1. The minimum Gasteiger partial charge on any atom is -0.359 e. The van der Waals surface area contributed by atoms with Gasteiger partial charge in [-0.1, -0.05) is 48.5 Å². The summed E-state index contributed by atoms with van der Waals surface area (Å²) in [6, 6.07) is 20.5. The van der Waals surface area contributed by atoms with Gasteiger partial charge in [0.15, 0.2) is 0 Å². The van der Waals surface area contributed by atoms with Crippen LogP contribution in [0.4, 0.5) is 5.69 Å². The van der Waals surface area contributed by atoms with Crippen molar-refractivity contribution < 1.29 is 0 Å². The fraction of sp³-hybridized carbons (Fsp3) is 0. The van der Waals surface area contributed by atoms with Gasteiger partial charge < -0.3 is 5.32 Å². The number of anilines is 1. The third kappa shape index (κ3) is 2.34. The molecule has 6 nitrogen and oxygen atoms in total. The SMILES string of the molecule is N#CC(=CNc1c2ccccc2cc2ccccc12)c1nn[nH]n1. The smallest absolute Gasteiger partial charge is 0.216 e. The predicted octanol–water partition coefficient (Wildman–Crippen LogP) is 3.48. The van der Waals surface area contributed by atoms with Crippen LogP contribution in [-0.2, 0) is 0 Å². The van der Waals surface area contributed by atoms with Gasteiger partial charge in [-0.25, -0.2) is 0 Å². The lowest BCUT2D eigenvalue weighted by atomic mass is 10.0. The van der Waals surface area contributed by atoms with E-state index in [2.05, 4.69) is 62.3 Å². The molecular weight excluding hydrogens is 300 g/mol. The summed E-state index contributed by atoms with van der Waals surface area (Å²) in [6.07, 6.45) is 1.61. The number of nitrogens with one attached hydrogen (secondary N) is 2. The van der Waals surface area contributed by atoms with Crippen molar-refractivity contribution in [3.8, 4) is 6.07 Å². The summed E-state index contributed by atoms with van der Waals surface area (Å²) in [5.74, 6) is 0.259. The molecule has 24 heavy (non-hydrogen) atoms. The zero-order valence-electron chi connectivity index (χ0n) is 12.6. The lowest BCUT2D eigenvalue weighted by Crippen LogP contribution is -1.95. The highest BCUT2D eigenvalue weighted by Gasteiger charge is 2.09. The van der Waals surface area contributed by atoms with Crippen molar-refractivity contribution in [2.24, 2.45) is 0 Å². The number of hydrogen-bond donors (Lipinski definition) is 2. The molecule has 0 saturated carbocycles. The topological polar surface area (TPSA) is 90.3 Å². The summed E-state index contributed by atoms with van der Waals surface area (Å²) in [5, 5.41) is 30.5. The molecule has 0 aliphatic heterocycles. The minimum absolute atomic E-state index is 0.259. The molecule has 114 valence electrons. The maximum Gasteiger partial charge on any atom is 0.216 e. The third-order valence-corrected chi connectivity index (χ3v) is 3.84. The third-order valence-electron chi connectivity index (χ3n) is 3.84. The summed E-state index contributed by atoms with van der Waals surface area (Å²) in [7, 11) is 0. The van der Waals surface area contributed by atoms with E-state index in [-0.39, 0.29) is 5.82 Å². The van der Waals surface area contributed by atoms with Gasteiger partial charge in [0.25, 0.3) is 0 Å². The molecule has 4 rings (SSSR count). The van der Waals surface area contributed by atoms with Crippen LogP contribution in [0.5, 0.6) is 0 Å². The van der Waals surface area contributed by atoms with E-state index in [9.17, 15) is 5.26 Å².